The molecule has 2 N–H and O–H groups in total. The average Bonchev–Trinajstić information content (AvgIpc) is 3.16. The van der Waals surface area contributed by atoms with Crippen molar-refractivity contribution in [3.8, 4) is 22.6 Å². The highest BCUT2D eigenvalue weighted by atomic mass is 35.5. The Balaban J connectivity index is 1.45. The summed E-state index contributed by atoms with van der Waals surface area (Å²) in [5.41, 5.74) is 1.94. The molecule has 1 aliphatic carbocycles. The van der Waals surface area contributed by atoms with E-state index in [1.165, 1.54) is 6.20 Å². The number of alkyl halides is 1. The first-order chi connectivity index (χ1) is 15.9. The highest BCUT2D eigenvalue weighted by Gasteiger charge is 2.43. The molecule has 6 rings (SSSR count). The van der Waals surface area contributed by atoms with Crippen LogP contribution < -0.4 is 5.32 Å². The Morgan fingerprint density at radius 2 is 2.12 bits per heavy atom. The van der Waals surface area contributed by atoms with Gasteiger partial charge in [0.15, 0.2) is 17.5 Å². The standard InChI is InChI=1S/C21H14ClF2N7O2/c1-8-26-21(33-30-8)16-18(24)17(22)15(11-5-25-29-19(11)16)9-2-3-14-27-13(7-31(14)6-9)28-20(32)10-4-12(10)23/h2-3,5-7,10,12H,4H2,1H3,(H,25,29)(H,28,32)/t10-,12+/m1/s1. The molecule has 0 spiro atoms. The number of imidazole rings is 1. The molecule has 33 heavy (non-hydrogen) atoms. The van der Waals surface area contributed by atoms with Gasteiger partial charge >= 0.3 is 0 Å². The quantitative estimate of drug-likeness (QED) is 0.405. The van der Waals surface area contributed by atoms with Crippen LogP contribution in [0.5, 0.6) is 0 Å². The third-order valence-corrected chi connectivity index (χ3v) is 5.93. The molecule has 4 aromatic heterocycles. The molecule has 1 aliphatic rings. The van der Waals surface area contributed by atoms with E-state index in [4.69, 9.17) is 16.1 Å². The fraction of sp³-hybridized carbons (Fsp3) is 0.190. The molecule has 1 saturated carbocycles. The number of fused-ring (bicyclic) bond motifs is 2. The highest BCUT2D eigenvalue weighted by molar-refractivity contribution is 6.36. The number of hydrogen-bond acceptors (Lipinski definition) is 6. The van der Waals surface area contributed by atoms with Crippen molar-refractivity contribution in [1.29, 1.82) is 0 Å². The Morgan fingerprint density at radius 3 is 2.85 bits per heavy atom. The number of aromatic amines is 1. The molecule has 1 aromatic carbocycles. The minimum Gasteiger partial charge on any atom is -0.334 e. The lowest BCUT2D eigenvalue weighted by atomic mass is 9.99. The number of carbonyl (C=O) groups excluding carboxylic acids is 1. The van der Waals surface area contributed by atoms with Gasteiger partial charge in [0.2, 0.25) is 5.91 Å². The number of aromatic nitrogens is 6. The molecule has 0 saturated heterocycles. The van der Waals surface area contributed by atoms with Crippen LogP contribution in [0.15, 0.2) is 35.2 Å². The number of H-pyrrole nitrogens is 1. The number of pyridine rings is 1. The predicted octanol–water partition coefficient (Wildman–Crippen LogP) is 4.33. The Kier molecular flexibility index (Phi) is 4.24. The summed E-state index contributed by atoms with van der Waals surface area (Å²) in [5.74, 6) is -1.11. The van der Waals surface area contributed by atoms with Crippen LogP contribution in [0.3, 0.4) is 0 Å². The van der Waals surface area contributed by atoms with Gasteiger partial charge in [-0.25, -0.2) is 13.8 Å². The molecule has 4 heterocycles. The first kappa shape index (κ1) is 19.8. The Labute approximate surface area is 188 Å². The van der Waals surface area contributed by atoms with E-state index in [9.17, 15) is 9.18 Å². The van der Waals surface area contributed by atoms with Gasteiger partial charge in [0.25, 0.3) is 5.89 Å². The summed E-state index contributed by atoms with van der Waals surface area (Å²) in [5, 5.41) is 13.6. The van der Waals surface area contributed by atoms with Crippen LogP contribution >= 0.6 is 11.6 Å². The fourth-order valence-electron chi connectivity index (χ4n) is 3.85. The van der Waals surface area contributed by atoms with Crippen molar-refractivity contribution < 1.29 is 18.1 Å². The monoisotopic (exact) mass is 469 g/mol. The molecule has 12 heteroatoms. The van der Waals surface area contributed by atoms with Gasteiger partial charge in [-0.2, -0.15) is 10.1 Å². The van der Waals surface area contributed by atoms with Gasteiger partial charge in [0, 0.05) is 22.7 Å². The Morgan fingerprint density at radius 1 is 1.30 bits per heavy atom. The molecule has 1 amide bonds. The van der Waals surface area contributed by atoms with Crippen LogP contribution in [0, 0.1) is 18.7 Å². The molecular formula is C21H14ClF2N7O2. The van der Waals surface area contributed by atoms with Crippen molar-refractivity contribution in [2.75, 3.05) is 5.32 Å². The maximum atomic E-state index is 15.4. The Hall–Kier alpha value is -3.86. The second kappa shape index (κ2) is 7.07. The highest BCUT2D eigenvalue weighted by Crippen LogP contribution is 2.42. The normalized spacial score (nSPS) is 17.7. The number of anilines is 1. The first-order valence-corrected chi connectivity index (χ1v) is 10.4. The largest absolute Gasteiger partial charge is 0.334 e. The van der Waals surface area contributed by atoms with Crippen molar-refractivity contribution in [3.63, 3.8) is 0 Å². The smallest absolute Gasteiger partial charge is 0.263 e. The van der Waals surface area contributed by atoms with Crippen molar-refractivity contribution in [2.45, 2.75) is 19.5 Å². The molecule has 2 atom stereocenters. The van der Waals surface area contributed by atoms with Crippen LogP contribution in [0.4, 0.5) is 14.6 Å². The van der Waals surface area contributed by atoms with Crippen LogP contribution in [-0.4, -0.2) is 41.8 Å². The lowest BCUT2D eigenvalue weighted by Gasteiger charge is -2.11. The van der Waals surface area contributed by atoms with Gasteiger partial charge in [-0.1, -0.05) is 16.8 Å². The minimum atomic E-state index is -1.10. The van der Waals surface area contributed by atoms with Crippen LogP contribution in [-0.2, 0) is 4.79 Å². The van der Waals surface area contributed by atoms with Gasteiger partial charge in [-0.15, -0.1) is 0 Å². The summed E-state index contributed by atoms with van der Waals surface area (Å²) < 4.78 is 35.4. The summed E-state index contributed by atoms with van der Waals surface area (Å²) in [6, 6.07) is 3.44. The fourth-order valence-corrected chi connectivity index (χ4v) is 4.15. The SMILES string of the molecule is Cc1noc(-c2c(F)c(Cl)c(-c3ccc4nc(NC(=O)[C@@H]5C[C@@H]5F)cn4c3)c3cn[nH]c23)n1. The maximum Gasteiger partial charge on any atom is 0.263 e. The van der Waals surface area contributed by atoms with Gasteiger partial charge in [0.1, 0.15) is 17.4 Å². The summed E-state index contributed by atoms with van der Waals surface area (Å²) in [4.78, 5) is 20.4. The summed E-state index contributed by atoms with van der Waals surface area (Å²) in [7, 11) is 0. The van der Waals surface area contributed by atoms with E-state index in [1.54, 1.807) is 35.9 Å². The van der Waals surface area contributed by atoms with Gasteiger partial charge in [0.05, 0.1) is 28.9 Å². The molecule has 5 aromatic rings. The maximum absolute atomic E-state index is 15.4. The summed E-state index contributed by atoms with van der Waals surface area (Å²) in [6.45, 7) is 1.63. The van der Waals surface area contributed by atoms with Crippen molar-refractivity contribution in [2.24, 2.45) is 5.92 Å². The topological polar surface area (TPSA) is 114 Å². The van der Waals surface area contributed by atoms with Gasteiger partial charge in [-0.3, -0.25) is 9.89 Å². The molecule has 1 fully saturated rings. The number of aryl methyl sites for hydroxylation is 1. The number of nitrogens with one attached hydrogen (secondary N) is 2. The van der Waals surface area contributed by atoms with Crippen molar-refractivity contribution >= 4 is 39.9 Å². The van der Waals surface area contributed by atoms with E-state index >= 15 is 4.39 Å². The van der Waals surface area contributed by atoms with Crippen molar-refractivity contribution in [1.82, 2.24) is 29.7 Å². The Bertz CT molecular complexity index is 1570. The lowest BCUT2D eigenvalue weighted by molar-refractivity contribution is -0.117. The zero-order valence-corrected chi connectivity index (χ0v) is 17.7. The van der Waals surface area contributed by atoms with E-state index in [0.29, 0.717) is 39.3 Å². The number of carbonyl (C=O) groups is 1. The number of benzene rings is 1. The van der Waals surface area contributed by atoms with Crippen LogP contribution in [0.2, 0.25) is 5.02 Å². The van der Waals surface area contributed by atoms with E-state index in [-0.39, 0.29) is 22.9 Å². The number of nitrogens with zero attached hydrogens (tertiary/aromatic N) is 5. The minimum absolute atomic E-state index is 0.00988. The third kappa shape index (κ3) is 3.15. The second-order valence-corrected chi connectivity index (χ2v) is 8.22. The molecule has 9 nitrogen and oxygen atoms in total. The van der Waals surface area contributed by atoms with E-state index in [1.807, 2.05) is 0 Å². The van der Waals surface area contributed by atoms with Gasteiger partial charge in [-0.05, 0) is 25.5 Å². The zero-order chi connectivity index (χ0) is 22.9. The molecule has 166 valence electrons. The summed E-state index contributed by atoms with van der Waals surface area (Å²) >= 11 is 6.48. The van der Waals surface area contributed by atoms with Gasteiger partial charge < -0.3 is 14.2 Å². The number of halogens is 3. The third-order valence-electron chi connectivity index (χ3n) is 5.57. The molecular weight excluding hydrogens is 456 g/mol. The number of amides is 1. The first-order valence-electron chi connectivity index (χ1n) is 9.99. The van der Waals surface area contributed by atoms with E-state index in [0.717, 1.165) is 0 Å². The zero-order valence-electron chi connectivity index (χ0n) is 16.9. The van der Waals surface area contributed by atoms with Crippen LogP contribution in [0.25, 0.3) is 39.1 Å². The molecule has 0 unspecified atom stereocenters. The molecule has 0 radical (unpaired) electrons. The summed E-state index contributed by atoms with van der Waals surface area (Å²) in [6.07, 6.45) is 3.97. The van der Waals surface area contributed by atoms with Crippen LogP contribution in [0.1, 0.15) is 12.2 Å². The number of hydrogen-bond donors (Lipinski definition) is 2. The predicted molar refractivity (Wildman–Crippen MR) is 115 cm³/mol. The molecule has 0 bridgehead atoms. The van der Waals surface area contributed by atoms with E-state index < -0.39 is 23.8 Å². The molecule has 0 aliphatic heterocycles. The average molecular weight is 470 g/mol. The van der Waals surface area contributed by atoms with Crippen molar-refractivity contribution in [3.05, 3.63) is 47.4 Å². The second-order valence-electron chi connectivity index (χ2n) is 7.84. The van der Waals surface area contributed by atoms with E-state index in [2.05, 4.69) is 30.6 Å². The number of rotatable bonds is 4. The lowest BCUT2D eigenvalue weighted by Crippen LogP contribution is -2.15.